The molecule has 6 nitrogen and oxygen atoms in total. The van der Waals surface area contributed by atoms with Gasteiger partial charge in [-0.2, -0.15) is 5.26 Å². The lowest BCUT2D eigenvalue weighted by Gasteiger charge is -2.38. The molecule has 0 aliphatic rings. The third kappa shape index (κ3) is 5.94. The van der Waals surface area contributed by atoms with Gasteiger partial charge in [-0.25, -0.2) is 5.01 Å². The zero-order valence-corrected chi connectivity index (χ0v) is 12.1. The molecule has 100 valence electrons. The number of nitrogens with zero attached hydrogens (tertiary/aromatic N) is 3. The highest BCUT2D eigenvalue weighted by molar-refractivity contribution is 7.42. The van der Waals surface area contributed by atoms with Gasteiger partial charge in [0.2, 0.25) is 0 Å². The Kier molecular flexibility index (Phi) is 8.18. The van der Waals surface area contributed by atoms with Crippen LogP contribution in [-0.2, 0) is 4.84 Å². The lowest BCUT2D eigenvalue weighted by atomic mass is 10.3. The number of alkyl halides is 1. The van der Waals surface area contributed by atoms with Crippen LogP contribution in [0.1, 0.15) is 27.7 Å². The summed E-state index contributed by atoms with van der Waals surface area (Å²) in [5, 5.41) is 9.38. The van der Waals surface area contributed by atoms with Crippen molar-refractivity contribution in [1.82, 2.24) is 9.95 Å². The van der Waals surface area contributed by atoms with Crippen molar-refractivity contribution in [3.8, 4) is 6.07 Å². The Balaban J connectivity index is 4.65. The quantitative estimate of drug-likeness (QED) is 0.420. The van der Waals surface area contributed by atoms with E-state index in [0.717, 1.165) is 4.94 Å². The highest BCUT2D eigenvalue weighted by Crippen LogP contribution is 2.34. The van der Waals surface area contributed by atoms with Crippen molar-refractivity contribution in [2.75, 3.05) is 6.61 Å². The highest BCUT2D eigenvalue weighted by atomic mass is 35.5. The van der Waals surface area contributed by atoms with E-state index >= 15 is 0 Å². The van der Waals surface area contributed by atoms with Crippen molar-refractivity contribution in [2.45, 2.75) is 45.2 Å². The molecule has 0 spiro atoms. The number of rotatable bonds is 7. The Bertz CT molecular complexity index is 252. The molecule has 0 amide bonds. The summed E-state index contributed by atoms with van der Waals surface area (Å²) in [7, 11) is -2.43. The third-order valence-corrected chi connectivity index (χ3v) is 2.74. The fraction of sp³-hybridized carbons (Fsp3) is 0.889. The van der Waals surface area contributed by atoms with E-state index in [2.05, 4.69) is 0 Å². The van der Waals surface area contributed by atoms with E-state index in [9.17, 15) is 9.79 Å². The molecule has 0 rings (SSSR count). The molecule has 0 aliphatic heterocycles. The van der Waals surface area contributed by atoms with E-state index in [1.165, 1.54) is 0 Å². The van der Waals surface area contributed by atoms with Gasteiger partial charge in [0.05, 0.1) is 6.07 Å². The fourth-order valence-electron chi connectivity index (χ4n) is 1.37. The summed E-state index contributed by atoms with van der Waals surface area (Å²) in [6, 6.07) is 1.84. The zero-order valence-electron chi connectivity index (χ0n) is 10.4. The largest absolute Gasteiger partial charge is 0.336 e. The summed E-state index contributed by atoms with van der Waals surface area (Å²) in [6.45, 7) is 7.50. The molecule has 1 atom stereocenters. The van der Waals surface area contributed by atoms with Crippen molar-refractivity contribution in [2.24, 2.45) is 0 Å². The number of nitriles is 1. The molecule has 0 heterocycles. The van der Waals surface area contributed by atoms with Crippen LogP contribution < -0.4 is 0 Å². The molecule has 0 aromatic carbocycles. The highest BCUT2D eigenvalue weighted by Gasteiger charge is 2.29. The van der Waals surface area contributed by atoms with Gasteiger partial charge in [0.1, 0.15) is 12.0 Å². The number of halogens is 1. The standard InChI is InChI=1S/C9H19ClN3O3P/c1-7(2)12(8(3)4)13(17(14)15)16-6-9(10)5-11/h7-9,14-15H,6H2,1-4H3. The van der Waals surface area contributed by atoms with Gasteiger partial charge in [-0.1, -0.05) is 0 Å². The van der Waals surface area contributed by atoms with Crippen LogP contribution in [0.25, 0.3) is 0 Å². The van der Waals surface area contributed by atoms with Gasteiger partial charge in [-0.15, -0.1) is 11.6 Å². The summed E-state index contributed by atoms with van der Waals surface area (Å²) < 4.78 is 0. The van der Waals surface area contributed by atoms with Crippen molar-refractivity contribution < 1.29 is 14.6 Å². The van der Waals surface area contributed by atoms with Crippen LogP contribution in [0.4, 0.5) is 0 Å². The molecule has 0 bridgehead atoms. The van der Waals surface area contributed by atoms with Crippen LogP contribution in [0.3, 0.4) is 0 Å². The first kappa shape index (κ1) is 17.0. The average Bonchev–Trinajstić information content (AvgIpc) is 2.21. The molecule has 1 unspecified atom stereocenters. The molecule has 0 radical (unpaired) electrons. The van der Waals surface area contributed by atoms with E-state index in [4.69, 9.17) is 21.7 Å². The molecule has 17 heavy (non-hydrogen) atoms. The third-order valence-electron chi connectivity index (χ3n) is 1.89. The molecule has 0 aromatic rings. The monoisotopic (exact) mass is 283 g/mol. The Morgan fingerprint density at radius 1 is 1.29 bits per heavy atom. The second-order valence-electron chi connectivity index (χ2n) is 3.98. The summed E-state index contributed by atoms with van der Waals surface area (Å²) in [5.41, 5.74) is 0. The molecule has 2 N–H and O–H groups in total. The Hall–Kier alpha value is 0.0100. The minimum atomic E-state index is -2.43. The SMILES string of the molecule is CC(C)N(C(C)C)N(OCC(Cl)C#N)P(O)O. The van der Waals surface area contributed by atoms with Gasteiger partial charge in [0, 0.05) is 12.1 Å². The maximum atomic E-state index is 9.32. The number of hydrazine groups is 1. The van der Waals surface area contributed by atoms with Crippen molar-refractivity contribution >= 4 is 20.1 Å². The van der Waals surface area contributed by atoms with Gasteiger partial charge in [-0.05, 0) is 32.6 Å². The van der Waals surface area contributed by atoms with Gasteiger partial charge in [0.15, 0.2) is 0 Å². The second-order valence-corrected chi connectivity index (χ2v) is 5.39. The van der Waals surface area contributed by atoms with E-state index in [1.807, 2.05) is 27.7 Å². The van der Waals surface area contributed by atoms with Crippen LogP contribution in [0.15, 0.2) is 0 Å². The Morgan fingerprint density at radius 3 is 2.06 bits per heavy atom. The van der Waals surface area contributed by atoms with Gasteiger partial charge in [-0.3, -0.25) is 4.84 Å². The summed E-state index contributed by atoms with van der Waals surface area (Å²) in [4.78, 5) is 24.8. The first-order chi connectivity index (χ1) is 7.81. The van der Waals surface area contributed by atoms with Crippen LogP contribution >= 0.6 is 20.1 Å². The van der Waals surface area contributed by atoms with E-state index < -0.39 is 13.9 Å². The predicted octanol–water partition coefficient (Wildman–Crippen LogP) is 1.60. The van der Waals surface area contributed by atoms with Crippen molar-refractivity contribution in [1.29, 1.82) is 5.26 Å². The van der Waals surface area contributed by atoms with Crippen molar-refractivity contribution in [3.05, 3.63) is 0 Å². The normalized spacial score (nSPS) is 14.1. The molecule has 0 aliphatic carbocycles. The van der Waals surface area contributed by atoms with Crippen LogP contribution in [0.5, 0.6) is 0 Å². The zero-order chi connectivity index (χ0) is 13.6. The van der Waals surface area contributed by atoms with E-state index in [-0.39, 0.29) is 18.7 Å². The minimum Gasteiger partial charge on any atom is -0.336 e. The van der Waals surface area contributed by atoms with E-state index in [0.29, 0.717) is 0 Å². The maximum Gasteiger partial charge on any atom is 0.294 e. The van der Waals surface area contributed by atoms with Crippen LogP contribution in [-0.4, -0.2) is 43.8 Å². The average molecular weight is 284 g/mol. The first-order valence-electron chi connectivity index (χ1n) is 5.24. The summed E-state index contributed by atoms with van der Waals surface area (Å²) in [6.07, 6.45) is 0. The fourth-order valence-corrected chi connectivity index (χ4v) is 2.20. The van der Waals surface area contributed by atoms with E-state index in [1.54, 1.807) is 11.1 Å². The minimum absolute atomic E-state index is 0.0233. The van der Waals surface area contributed by atoms with Gasteiger partial charge < -0.3 is 9.79 Å². The maximum absolute atomic E-state index is 9.32. The summed E-state index contributed by atoms with van der Waals surface area (Å²) in [5.74, 6) is 0. The van der Waals surface area contributed by atoms with Crippen LogP contribution in [0.2, 0.25) is 0 Å². The smallest absolute Gasteiger partial charge is 0.294 e. The molecule has 0 fully saturated rings. The molecule has 0 aromatic heterocycles. The molecular weight excluding hydrogens is 265 g/mol. The molecular formula is C9H19ClN3O3P. The Labute approximate surface area is 108 Å². The Morgan fingerprint density at radius 2 is 1.76 bits per heavy atom. The van der Waals surface area contributed by atoms with Crippen LogP contribution in [0, 0.1) is 11.3 Å². The molecule has 8 heteroatoms. The van der Waals surface area contributed by atoms with Gasteiger partial charge >= 0.3 is 0 Å². The lowest BCUT2D eigenvalue weighted by Crippen LogP contribution is -2.48. The molecule has 0 saturated carbocycles. The summed E-state index contributed by atoms with van der Waals surface area (Å²) >= 11 is 5.59. The van der Waals surface area contributed by atoms with Gasteiger partial charge in [0.25, 0.3) is 8.53 Å². The topological polar surface area (TPSA) is 80.0 Å². The lowest BCUT2D eigenvalue weighted by molar-refractivity contribution is -0.244. The predicted molar refractivity (Wildman–Crippen MR) is 66.5 cm³/mol. The first-order valence-corrected chi connectivity index (χ1v) is 6.87. The second kappa shape index (κ2) is 8.17. The number of hydrogen-bond donors (Lipinski definition) is 2. The molecule has 0 saturated heterocycles. The van der Waals surface area contributed by atoms with Crippen molar-refractivity contribution in [3.63, 3.8) is 0 Å². The number of hydrogen-bond acceptors (Lipinski definition) is 6.